The van der Waals surface area contributed by atoms with Crippen LogP contribution < -0.4 is 5.56 Å². The van der Waals surface area contributed by atoms with E-state index in [4.69, 9.17) is 11.6 Å². The van der Waals surface area contributed by atoms with Crippen molar-refractivity contribution in [2.75, 3.05) is 6.54 Å². The molecule has 0 radical (unpaired) electrons. The second-order valence-corrected chi connectivity index (χ2v) is 8.20. The van der Waals surface area contributed by atoms with E-state index in [0.29, 0.717) is 24.2 Å². The molecule has 1 saturated heterocycles. The average Bonchev–Trinajstić information content (AvgIpc) is 3.36. The third-order valence-corrected chi connectivity index (χ3v) is 5.89. The Morgan fingerprint density at radius 3 is 2.77 bits per heavy atom. The summed E-state index contributed by atoms with van der Waals surface area (Å²) in [6, 6.07) is 19.8. The van der Waals surface area contributed by atoms with E-state index in [0.717, 1.165) is 42.1 Å². The lowest BCUT2D eigenvalue weighted by Gasteiger charge is -2.24. The SMILES string of the molecule is O=c1cc(CN2CCCC2Cc2cccc(Cl)c2)nc2nc(-c3ccccc3)[nH]n12. The van der Waals surface area contributed by atoms with Gasteiger partial charge in [0.25, 0.3) is 11.3 Å². The van der Waals surface area contributed by atoms with Crippen molar-refractivity contribution in [1.29, 1.82) is 0 Å². The Kier molecular flexibility index (Phi) is 5.11. The quantitative estimate of drug-likeness (QED) is 0.532. The Hall–Kier alpha value is -2.96. The monoisotopic (exact) mass is 419 g/mol. The predicted octanol–water partition coefficient (Wildman–Crippen LogP) is 3.95. The van der Waals surface area contributed by atoms with Gasteiger partial charge >= 0.3 is 0 Å². The minimum atomic E-state index is -0.143. The standard InChI is InChI=1S/C23H22ClN5O/c24-18-9-4-6-16(12-18)13-20-10-5-11-28(20)15-19-14-21(30)29-23(25-19)26-22(27-29)17-7-2-1-3-8-17/h1-4,6-9,12,14,20H,5,10-11,13,15H2,(H,25,26,27). The summed E-state index contributed by atoms with van der Waals surface area (Å²) in [4.78, 5) is 24.3. The number of aromatic amines is 1. The number of likely N-dealkylation sites (tertiary alicyclic amines) is 1. The number of aromatic nitrogens is 4. The highest BCUT2D eigenvalue weighted by Crippen LogP contribution is 2.24. The van der Waals surface area contributed by atoms with Gasteiger partial charge in [-0.2, -0.15) is 9.50 Å². The van der Waals surface area contributed by atoms with Crippen molar-refractivity contribution in [1.82, 2.24) is 24.5 Å². The van der Waals surface area contributed by atoms with Gasteiger partial charge in [-0.25, -0.2) is 4.98 Å². The minimum absolute atomic E-state index is 0.143. The first-order valence-corrected chi connectivity index (χ1v) is 10.6. The number of benzene rings is 2. The predicted molar refractivity (Wildman–Crippen MR) is 118 cm³/mol. The summed E-state index contributed by atoms with van der Waals surface area (Å²) in [5.41, 5.74) is 2.77. The molecule has 2 aromatic carbocycles. The molecule has 1 atom stereocenters. The van der Waals surface area contributed by atoms with E-state index in [2.05, 4.69) is 26.0 Å². The first-order chi connectivity index (χ1) is 14.7. The summed E-state index contributed by atoms with van der Waals surface area (Å²) < 4.78 is 1.40. The van der Waals surface area contributed by atoms with Crippen LogP contribution in [0.5, 0.6) is 0 Å². The lowest BCUT2D eigenvalue weighted by molar-refractivity contribution is 0.241. The fourth-order valence-corrected chi connectivity index (χ4v) is 4.42. The van der Waals surface area contributed by atoms with Gasteiger partial charge in [0.1, 0.15) is 0 Å². The van der Waals surface area contributed by atoms with E-state index in [-0.39, 0.29) is 5.56 Å². The third kappa shape index (κ3) is 3.88. The van der Waals surface area contributed by atoms with Gasteiger partial charge in [0.15, 0.2) is 5.82 Å². The summed E-state index contributed by atoms with van der Waals surface area (Å²) in [6.45, 7) is 1.65. The Bertz CT molecular complexity index is 1230. The lowest BCUT2D eigenvalue weighted by atomic mass is 10.0. The summed E-state index contributed by atoms with van der Waals surface area (Å²) >= 11 is 6.15. The molecule has 0 spiro atoms. The van der Waals surface area contributed by atoms with Crippen LogP contribution in [0.15, 0.2) is 65.5 Å². The van der Waals surface area contributed by atoms with Gasteiger partial charge in [-0.15, -0.1) is 0 Å². The molecule has 2 aromatic heterocycles. The summed E-state index contributed by atoms with van der Waals surface area (Å²) in [5, 5.41) is 3.82. The van der Waals surface area contributed by atoms with E-state index < -0.39 is 0 Å². The van der Waals surface area contributed by atoms with Gasteiger partial charge < -0.3 is 0 Å². The van der Waals surface area contributed by atoms with E-state index in [1.807, 2.05) is 48.5 Å². The maximum atomic E-state index is 12.6. The molecule has 4 aromatic rings. The number of nitrogens with one attached hydrogen (secondary N) is 1. The average molecular weight is 420 g/mol. The Labute approximate surface area is 179 Å². The molecule has 3 heterocycles. The van der Waals surface area contributed by atoms with Gasteiger partial charge in [-0.3, -0.25) is 14.8 Å². The lowest BCUT2D eigenvalue weighted by Crippen LogP contribution is -2.31. The molecule has 1 N–H and O–H groups in total. The fraction of sp³-hybridized carbons (Fsp3) is 0.261. The first-order valence-electron chi connectivity index (χ1n) is 10.2. The molecule has 0 amide bonds. The zero-order valence-electron chi connectivity index (χ0n) is 16.5. The molecule has 7 heteroatoms. The number of fused-ring (bicyclic) bond motifs is 1. The van der Waals surface area contributed by atoms with Crippen LogP contribution in [0.1, 0.15) is 24.1 Å². The molecule has 1 aliphatic rings. The largest absolute Gasteiger partial charge is 0.294 e. The van der Waals surface area contributed by atoms with Gasteiger partial charge in [-0.1, -0.05) is 54.1 Å². The highest BCUT2D eigenvalue weighted by atomic mass is 35.5. The highest BCUT2D eigenvalue weighted by molar-refractivity contribution is 6.30. The number of rotatable bonds is 5. The van der Waals surface area contributed by atoms with Crippen molar-refractivity contribution >= 4 is 17.4 Å². The van der Waals surface area contributed by atoms with E-state index in [9.17, 15) is 4.79 Å². The van der Waals surface area contributed by atoms with Crippen molar-refractivity contribution in [3.05, 3.63) is 87.3 Å². The molecule has 30 heavy (non-hydrogen) atoms. The van der Waals surface area contributed by atoms with Crippen molar-refractivity contribution in [2.24, 2.45) is 0 Å². The van der Waals surface area contributed by atoms with Crippen LogP contribution in [0.3, 0.4) is 0 Å². The molecule has 1 aliphatic heterocycles. The molecular weight excluding hydrogens is 398 g/mol. The van der Waals surface area contributed by atoms with Gasteiger partial charge in [0, 0.05) is 29.2 Å². The van der Waals surface area contributed by atoms with E-state index in [1.54, 1.807) is 6.07 Å². The van der Waals surface area contributed by atoms with Crippen LogP contribution in [0, 0.1) is 0 Å². The Morgan fingerprint density at radius 2 is 1.93 bits per heavy atom. The number of H-pyrrole nitrogens is 1. The minimum Gasteiger partial charge on any atom is -0.294 e. The molecule has 152 valence electrons. The summed E-state index contributed by atoms with van der Waals surface area (Å²) in [6.07, 6.45) is 3.23. The normalized spacial score (nSPS) is 17.0. The van der Waals surface area contributed by atoms with Crippen LogP contribution in [0.2, 0.25) is 5.02 Å². The number of hydrogen-bond acceptors (Lipinski definition) is 4. The number of hydrogen-bond donors (Lipinski definition) is 1. The van der Waals surface area contributed by atoms with Gasteiger partial charge in [-0.05, 0) is 43.5 Å². The Balaban J connectivity index is 1.38. The topological polar surface area (TPSA) is 66.3 Å². The maximum absolute atomic E-state index is 12.6. The zero-order valence-corrected chi connectivity index (χ0v) is 17.2. The second kappa shape index (κ2) is 8.05. The van der Waals surface area contributed by atoms with Crippen LogP contribution >= 0.6 is 11.6 Å². The van der Waals surface area contributed by atoms with Gasteiger partial charge in [0.2, 0.25) is 0 Å². The molecular formula is C23H22ClN5O. The zero-order chi connectivity index (χ0) is 20.5. The van der Waals surface area contributed by atoms with E-state index in [1.165, 1.54) is 10.1 Å². The molecule has 0 aliphatic carbocycles. The molecule has 1 unspecified atom stereocenters. The smallest absolute Gasteiger partial charge is 0.274 e. The van der Waals surface area contributed by atoms with Crippen molar-refractivity contribution in [3.63, 3.8) is 0 Å². The van der Waals surface area contributed by atoms with Crippen LogP contribution in [0.4, 0.5) is 0 Å². The third-order valence-electron chi connectivity index (χ3n) is 5.66. The Morgan fingerprint density at radius 1 is 1.07 bits per heavy atom. The number of halogens is 1. The molecule has 5 rings (SSSR count). The van der Waals surface area contributed by atoms with Crippen molar-refractivity contribution in [2.45, 2.75) is 31.8 Å². The molecule has 0 bridgehead atoms. The molecule has 0 saturated carbocycles. The summed E-state index contributed by atoms with van der Waals surface area (Å²) in [7, 11) is 0. The highest BCUT2D eigenvalue weighted by Gasteiger charge is 2.25. The van der Waals surface area contributed by atoms with Crippen LogP contribution in [-0.4, -0.2) is 37.1 Å². The summed E-state index contributed by atoms with van der Waals surface area (Å²) in [5.74, 6) is 1.04. The van der Waals surface area contributed by atoms with E-state index >= 15 is 0 Å². The number of nitrogens with zero attached hydrogens (tertiary/aromatic N) is 4. The maximum Gasteiger partial charge on any atom is 0.274 e. The first kappa shape index (κ1) is 19.0. The van der Waals surface area contributed by atoms with Gasteiger partial charge in [0.05, 0.1) is 5.69 Å². The molecule has 1 fully saturated rings. The van der Waals surface area contributed by atoms with Crippen LogP contribution in [0.25, 0.3) is 17.2 Å². The van der Waals surface area contributed by atoms with Crippen molar-refractivity contribution < 1.29 is 0 Å². The van der Waals surface area contributed by atoms with Crippen LogP contribution in [-0.2, 0) is 13.0 Å². The van der Waals surface area contributed by atoms with Crippen molar-refractivity contribution in [3.8, 4) is 11.4 Å². The molecule has 6 nitrogen and oxygen atoms in total. The second-order valence-electron chi connectivity index (χ2n) is 7.76. The fourth-order valence-electron chi connectivity index (χ4n) is 4.21.